The molecule has 0 aliphatic carbocycles. The lowest BCUT2D eigenvalue weighted by Crippen LogP contribution is -2.41. The molecule has 148 valence electrons. The minimum Gasteiger partial charge on any atom is -0.339 e. The number of carbonyl (C=O) groups is 2. The Hall–Kier alpha value is -2.94. The van der Waals surface area contributed by atoms with Crippen LogP contribution >= 0.6 is 0 Å². The van der Waals surface area contributed by atoms with Crippen LogP contribution in [0.4, 0.5) is 11.4 Å². The summed E-state index contributed by atoms with van der Waals surface area (Å²) in [5.74, 6) is -0.391. The molecule has 2 heterocycles. The monoisotopic (exact) mass is 402 g/mol. The molecule has 0 bridgehead atoms. The maximum Gasteiger partial charge on any atom is 0.253 e. The number of carbonyl (C=O) groups excluding carboxylic acids is 2. The van der Waals surface area contributed by atoms with Gasteiger partial charge in [-0.25, -0.2) is 8.42 Å². The lowest BCUT2D eigenvalue weighted by molar-refractivity contribution is -0.121. The first-order valence-electron chi connectivity index (χ1n) is 8.90. The second kappa shape index (κ2) is 8.39. The molecule has 0 saturated carbocycles. The molecule has 1 aromatic carbocycles. The average molecular weight is 402 g/mol. The number of anilines is 2. The number of nitrogens with one attached hydrogen (secondary N) is 2. The number of hydrogen-bond acceptors (Lipinski definition) is 5. The zero-order chi connectivity index (χ0) is 20.1. The van der Waals surface area contributed by atoms with Crippen molar-refractivity contribution in [3.05, 3.63) is 54.4 Å². The van der Waals surface area contributed by atoms with Crippen molar-refractivity contribution in [1.82, 2.24) is 9.88 Å². The SMILES string of the molecule is CS(=O)(=O)Nc1cccc(C(=O)N2CCC(C(=O)Nc3ccncc3)CC2)c1. The van der Waals surface area contributed by atoms with Crippen LogP contribution in [0.5, 0.6) is 0 Å². The molecule has 1 saturated heterocycles. The van der Waals surface area contributed by atoms with Crippen LogP contribution in [0.15, 0.2) is 48.8 Å². The highest BCUT2D eigenvalue weighted by molar-refractivity contribution is 7.92. The van der Waals surface area contributed by atoms with E-state index >= 15 is 0 Å². The van der Waals surface area contributed by atoms with Crippen molar-refractivity contribution in [2.45, 2.75) is 12.8 Å². The summed E-state index contributed by atoms with van der Waals surface area (Å²) in [5, 5.41) is 2.87. The zero-order valence-electron chi connectivity index (χ0n) is 15.5. The van der Waals surface area contributed by atoms with E-state index < -0.39 is 10.0 Å². The van der Waals surface area contributed by atoms with Gasteiger partial charge in [0.25, 0.3) is 5.91 Å². The minimum atomic E-state index is -3.41. The standard InChI is InChI=1S/C19H22N4O4S/c1-28(26,27)22-17-4-2-3-15(13-17)19(25)23-11-7-14(8-12-23)18(24)21-16-5-9-20-10-6-16/h2-6,9-10,13-14,22H,7-8,11-12H2,1H3,(H,20,21,24). The van der Waals surface area contributed by atoms with Crippen LogP contribution in [-0.4, -0.2) is 49.5 Å². The fraction of sp³-hybridized carbons (Fsp3) is 0.316. The van der Waals surface area contributed by atoms with Gasteiger partial charge in [-0.15, -0.1) is 0 Å². The fourth-order valence-corrected chi connectivity index (χ4v) is 3.69. The van der Waals surface area contributed by atoms with E-state index in [0.29, 0.717) is 42.9 Å². The molecule has 9 heteroatoms. The molecule has 1 aromatic heterocycles. The predicted molar refractivity (Wildman–Crippen MR) is 106 cm³/mol. The van der Waals surface area contributed by atoms with Gasteiger partial charge >= 0.3 is 0 Å². The number of nitrogens with zero attached hydrogens (tertiary/aromatic N) is 2. The van der Waals surface area contributed by atoms with Gasteiger partial charge in [-0.2, -0.15) is 0 Å². The molecule has 3 rings (SSSR count). The molecular formula is C19H22N4O4S. The van der Waals surface area contributed by atoms with Crippen LogP contribution in [0.25, 0.3) is 0 Å². The fourth-order valence-electron chi connectivity index (χ4n) is 3.14. The first-order chi connectivity index (χ1) is 13.3. The molecule has 0 radical (unpaired) electrons. The van der Waals surface area contributed by atoms with Crippen molar-refractivity contribution in [2.75, 3.05) is 29.4 Å². The van der Waals surface area contributed by atoms with Crippen LogP contribution < -0.4 is 10.0 Å². The van der Waals surface area contributed by atoms with Crippen molar-refractivity contribution in [3.8, 4) is 0 Å². The average Bonchev–Trinajstić information content (AvgIpc) is 2.67. The van der Waals surface area contributed by atoms with Gasteiger partial charge in [0, 0.05) is 48.3 Å². The third-order valence-electron chi connectivity index (χ3n) is 4.51. The Morgan fingerprint density at radius 2 is 1.75 bits per heavy atom. The highest BCUT2D eigenvalue weighted by Gasteiger charge is 2.28. The summed E-state index contributed by atoms with van der Waals surface area (Å²) in [7, 11) is -3.41. The van der Waals surface area contributed by atoms with Crippen molar-refractivity contribution < 1.29 is 18.0 Å². The van der Waals surface area contributed by atoms with Crippen LogP contribution in [0.2, 0.25) is 0 Å². The Labute approximate surface area is 164 Å². The second-order valence-corrected chi connectivity index (χ2v) is 8.50. The number of amides is 2. The summed E-state index contributed by atoms with van der Waals surface area (Å²) < 4.78 is 25.1. The summed E-state index contributed by atoms with van der Waals surface area (Å²) in [6, 6.07) is 9.86. The van der Waals surface area contributed by atoms with Gasteiger partial charge < -0.3 is 10.2 Å². The molecule has 0 spiro atoms. The summed E-state index contributed by atoms with van der Waals surface area (Å²) in [5.41, 5.74) is 1.46. The highest BCUT2D eigenvalue weighted by Crippen LogP contribution is 2.22. The van der Waals surface area contributed by atoms with Crippen LogP contribution in [-0.2, 0) is 14.8 Å². The third kappa shape index (κ3) is 5.29. The van der Waals surface area contributed by atoms with E-state index in [4.69, 9.17) is 0 Å². The number of benzene rings is 1. The van der Waals surface area contributed by atoms with Gasteiger partial charge in [0.05, 0.1) is 6.26 Å². The summed E-state index contributed by atoms with van der Waals surface area (Å²) in [4.78, 5) is 30.7. The van der Waals surface area contributed by atoms with Crippen molar-refractivity contribution >= 4 is 33.2 Å². The quantitative estimate of drug-likeness (QED) is 0.795. The lowest BCUT2D eigenvalue weighted by atomic mass is 9.95. The molecule has 1 aliphatic rings. The van der Waals surface area contributed by atoms with Gasteiger partial charge in [-0.05, 0) is 43.2 Å². The van der Waals surface area contributed by atoms with Gasteiger partial charge in [-0.1, -0.05) is 6.07 Å². The normalized spacial score (nSPS) is 15.1. The largest absolute Gasteiger partial charge is 0.339 e. The first-order valence-corrected chi connectivity index (χ1v) is 10.8. The van der Waals surface area contributed by atoms with Crippen LogP contribution in [0, 0.1) is 5.92 Å². The number of pyridine rings is 1. The molecule has 28 heavy (non-hydrogen) atoms. The summed E-state index contributed by atoms with van der Waals surface area (Å²) in [6.07, 6.45) is 5.43. The number of piperidine rings is 1. The van der Waals surface area contributed by atoms with Crippen molar-refractivity contribution in [1.29, 1.82) is 0 Å². The smallest absolute Gasteiger partial charge is 0.253 e. The molecule has 2 N–H and O–H groups in total. The van der Waals surface area contributed by atoms with E-state index in [0.717, 1.165) is 6.26 Å². The van der Waals surface area contributed by atoms with E-state index in [1.165, 1.54) is 6.07 Å². The molecule has 2 amide bonds. The van der Waals surface area contributed by atoms with Gasteiger partial charge in [-0.3, -0.25) is 19.3 Å². The molecule has 2 aromatic rings. The van der Waals surface area contributed by atoms with Crippen LogP contribution in [0.1, 0.15) is 23.2 Å². The first kappa shape index (κ1) is 19.8. The Balaban J connectivity index is 1.58. The maximum absolute atomic E-state index is 12.7. The maximum atomic E-state index is 12.7. The number of aromatic nitrogens is 1. The van der Waals surface area contributed by atoms with Gasteiger partial charge in [0.1, 0.15) is 0 Å². The Bertz CT molecular complexity index is 955. The number of sulfonamides is 1. The van der Waals surface area contributed by atoms with E-state index in [-0.39, 0.29) is 17.7 Å². The Morgan fingerprint density at radius 3 is 2.39 bits per heavy atom. The molecule has 0 atom stereocenters. The molecule has 0 unspecified atom stereocenters. The topological polar surface area (TPSA) is 108 Å². The number of rotatable bonds is 5. The van der Waals surface area contributed by atoms with Gasteiger partial charge in [0.15, 0.2) is 0 Å². The second-order valence-electron chi connectivity index (χ2n) is 6.75. The third-order valence-corrected chi connectivity index (χ3v) is 5.12. The van der Waals surface area contributed by atoms with Crippen LogP contribution in [0.3, 0.4) is 0 Å². The minimum absolute atomic E-state index is 0.0577. The number of hydrogen-bond donors (Lipinski definition) is 2. The lowest BCUT2D eigenvalue weighted by Gasteiger charge is -2.31. The Kier molecular flexibility index (Phi) is 5.93. The summed E-state index contributed by atoms with van der Waals surface area (Å²) in [6.45, 7) is 0.938. The van der Waals surface area contributed by atoms with E-state index in [1.54, 1.807) is 47.6 Å². The van der Waals surface area contributed by atoms with E-state index in [2.05, 4.69) is 15.0 Å². The van der Waals surface area contributed by atoms with Crippen molar-refractivity contribution in [3.63, 3.8) is 0 Å². The number of likely N-dealkylation sites (tertiary alicyclic amines) is 1. The molecule has 8 nitrogen and oxygen atoms in total. The van der Waals surface area contributed by atoms with E-state index in [1.807, 2.05) is 0 Å². The zero-order valence-corrected chi connectivity index (χ0v) is 16.3. The van der Waals surface area contributed by atoms with E-state index in [9.17, 15) is 18.0 Å². The van der Waals surface area contributed by atoms with Gasteiger partial charge in [0.2, 0.25) is 15.9 Å². The van der Waals surface area contributed by atoms with Crippen molar-refractivity contribution in [2.24, 2.45) is 5.92 Å². The predicted octanol–water partition coefficient (Wildman–Crippen LogP) is 1.94. The molecule has 1 aliphatic heterocycles. The molecule has 1 fully saturated rings. The summed E-state index contributed by atoms with van der Waals surface area (Å²) >= 11 is 0. The highest BCUT2D eigenvalue weighted by atomic mass is 32.2. The molecular weight excluding hydrogens is 380 g/mol. The Morgan fingerprint density at radius 1 is 1.07 bits per heavy atom.